The smallest absolute Gasteiger partial charge is 0.315 e. The summed E-state index contributed by atoms with van der Waals surface area (Å²) in [5.41, 5.74) is 5.24. The number of nitrogens with one attached hydrogen (secondary N) is 4. The zero-order valence-corrected chi connectivity index (χ0v) is 15.2. The van der Waals surface area contributed by atoms with Gasteiger partial charge < -0.3 is 10.6 Å². The number of hydrogen-bond acceptors (Lipinski definition) is 5. The predicted molar refractivity (Wildman–Crippen MR) is 98.1 cm³/mol. The Morgan fingerprint density at radius 2 is 1.86 bits per heavy atom. The molecule has 0 aliphatic carbocycles. The quantitative estimate of drug-likeness (QED) is 0.528. The van der Waals surface area contributed by atoms with E-state index in [1.165, 1.54) is 30.7 Å². The number of urea groups is 1. The third-order valence-corrected chi connectivity index (χ3v) is 3.66. The maximum Gasteiger partial charge on any atom is 0.315 e. The van der Waals surface area contributed by atoms with Crippen molar-refractivity contribution < 1.29 is 18.8 Å². The highest BCUT2D eigenvalue weighted by molar-refractivity contribution is 5.94. The number of carbonyl (C=O) groups excluding carboxylic acids is 3. The maximum atomic E-state index is 12.9. The summed E-state index contributed by atoms with van der Waals surface area (Å²) in [4.78, 5) is 43.8. The van der Waals surface area contributed by atoms with Gasteiger partial charge in [-0.05, 0) is 24.1 Å². The molecule has 1 heterocycles. The van der Waals surface area contributed by atoms with Crippen molar-refractivity contribution in [3.63, 3.8) is 0 Å². The summed E-state index contributed by atoms with van der Waals surface area (Å²) in [6.07, 6.45) is 5.03. The number of halogens is 1. The standard InChI is InChI=1S/C18H21FN6O3/c1-2-3-14(16(26)24-25-17(27)15-11-20-8-9-21-15)23-18(28)22-10-12-4-6-13(19)7-5-12/h4-9,11,14H,2-3,10H2,1H3,(H,24,26)(H,25,27)(H2,22,23,28). The van der Waals surface area contributed by atoms with Gasteiger partial charge >= 0.3 is 6.03 Å². The molecule has 28 heavy (non-hydrogen) atoms. The molecule has 1 atom stereocenters. The number of hydrazine groups is 1. The van der Waals surface area contributed by atoms with Crippen LogP contribution in [0.4, 0.5) is 9.18 Å². The summed E-state index contributed by atoms with van der Waals surface area (Å²) in [7, 11) is 0. The van der Waals surface area contributed by atoms with Crippen LogP contribution in [0.3, 0.4) is 0 Å². The lowest BCUT2D eigenvalue weighted by atomic mass is 10.1. The zero-order valence-electron chi connectivity index (χ0n) is 15.2. The average Bonchev–Trinajstić information content (AvgIpc) is 2.71. The molecule has 2 aromatic rings. The summed E-state index contributed by atoms with van der Waals surface area (Å²) in [6, 6.07) is 4.28. The van der Waals surface area contributed by atoms with Gasteiger partial charge in [0.05, 0.1) is 6.20 Å². The first kappa shape index (κ1) is 20.7. The Kier molecular flexibility index (Phi) is 7.82. The van der Waals surface area contributed by atoms with E-state index in [0.29, 0.717) is 18.4 Å². The van der Waals surface area contributed by atoms with Crippen LogP contribution in [0.25, 0.3) is 0 Å². The van der Waals surface area contributed by atoms with Crippen LogP contribution < -0.4 is 21.5 Å². The molecule has 4 N–H and O–H groups in total. The molecule has 0 bridgehead atoms. The summed E-state index contributed by atoms with van der Waals surface area (Å²) < 4.78 is 12.9. The van der Waals surface area contributed by atoms with Gasteiger partial charge in [0, 0.05) is 18.9 Å². The second-order valence-corrected chi connectivity index (χ2v) is 5.83. The molecule has 2 rings (SSSR count). The van der Waals surface area contributed by atoms with Gasteiger partial charge in [0.1, 0.15) is 17.6 Å². The largest absolute Gasteiger partial charge is 0.334 e. The number of aromatic nitrogens is 2. The maximum absolute atomic E-state index is 12.9. The van der Waals surface area contributed by atoms with E-state index < -0.39 is 23.9 Å². The number of amides is 4. The third kappa shape index (κ3) is 6.63. The number of carbonyl (C=O) groups is 3. The summed E-state index contributed by atoms with van der Waals surface area (Å²) in [6.45, 7) is 2.03. The van der Waals surface area contributed by atoms with E-state index in [9.17, 15) is 18.8 Å². The molecule has 148 valence electrons. The summed E-state index contributed by atoms with van der Waals surface area (Å²) >= 11 is 0. The monoisotopic (exact) mass is 388 g/mol. The Hall–Kier alpha value is -3.56. The summed E-state index contributed by atoms with van der Waals surface area (Å²) in [5.74, 6) is -1.56. The van der Waals surface area contributed by atoms with Gasteiger partial charge in [-0.25, -0.2) is 14.2 Å². The predicted octanol–water partition coefficient (Wildman–Crippen LogP) is 1.04. The van der Waals surface area contributed by atoms with E-state index in [2.05, 4.69) is 31.5 Å². The Labute approximate surface area is 161 Å². The molecule has 0 saturated carbocycles. The van der Waals surface area contributed by atoms with Gasteiger partial charge in [-0.1, -0.05) is 25.5 Å². The number of hydrogen-bond donors (Lipinski definition) is 4. The Morgan fingerprint density at radius 3 is 2.50 bits per heavy atom. The van der Waals surface area contributed by atoms with E-state index in [0.717, 1.165) is 0 Å². The molecule has 0 aliphatic heterocycles. The number of nitrogens with zero attached hydrogens (tertiary/aromatic N) is 2. The summed E-state index contributed by atoms with van der Waals surface area (Å²) in [5, 5.41) is 5.14. The first-order valence-corrected chi connectivity index (χ1v) is 8.64. The van der Waals surface area contributed by atoms with E-state index >= 15 is 0 Å². The molecule has 9 nitrogen and oxygen atoms in total. The van der Waals surface area contributed by atoms with Gasteiger partial charge in [-0.3, -0.25) is 25.4 Å². The molecule has 0 spiro atoms. The third-order valence-electron chi connectivity index (χ3n) is 3.66. The average molecular weight is 388 g/mol. The molecule has 10 heteroatoms. The van der Waals surface area contributed by atoms with Crippen molar-refractivity contribution in [3.8, 4) is 0 Å². The molecular formula is C18H21FN6O3. The van der Waals surface area contributed by atoms with Gasteiger partial charge in [-0.15, -0.1) is 0 Å². The van der Waals surface area contributed by atoms with Crippen molar-refractivity contribution in [2.45, 2.75) is 32.4 Å². The highest BCUT2D eigenvalue weighted by atomic mass is 19.1. The van der Waals surface area contributed by atoms with Crippen LogP contribution >= 0.6 is 0 Å². The zero-order chi connectivity index (χ0) is 20.4. The van der Waals surface area contributed by atoms with Crippen molar-refractivity contribution in [2.24, 2.45) is 0 Å². The molecule has 0 saturated heterocycles. The van der Waals surface area contributed by atoms with Crippen molar-refractivity contribution in [2.75, 3.05) is 0 Å². The minimum absolute atomic E-state index is 0.0415. The molecule has 1 unspecified atom stereocenters. The Bertz CT molecular complexity index is 801. The van der Waals surface area contributed by atoms with Gasteiger partial charge in [-0.2, -0.15) is 0 Å². The molecule has 0 fully saturated rings. The van der Waals surface area contributed by atoms with Gasteiger partial charge in [0.2, 0.25) is 0 Å². The molecule has 0 radical (unpaired) electrons. The van der Waals surface area contributed by atoms with E-state index in [1.54, 1.807) is 12.1 Å². The van der Waals surface area contributed by atoms with Crippen LogP contribution in [-0.4, -0.2) is 33.9 Å². The molecular weight excluding hydrogens is 367 g/mol. The molecule has 4 amide bonds. The van der Waals surface area contributed by atoms with E-state index in [-0.39, 0.29) is 18.1 Å². The van der Waals surface area contributed by atoms with Gasteiger partial charge in [0.25, 0.3) is 11.8 Å². The Balaban J connectivity index is 1.83. The molecule has 1 aromatic carbocycles. The first-order chi connectivity index (χ1) is 13.5. The topological polar surface area (TPSA) is 125 Å². The SMILES string of the molecule is CCCC(NC(=O)NCc1ccc(F)cc1)C(=O)NNC(=O)c1cnccn1. The normalized spacial score (nSPS) is 11.2. The van der Waals surface area contributed by atoms with Crippen LogP contribution in [0.1, 0.15) is 35.8 Å². The lowest BCUT2D eigenvalue weighted by Gasteiger charge is -2.18. The highest BCUT2D eigenvalue weighted by Gasteiger charge is 2.20. The lowest BCUT2D eigenvalue weighted by molar-refractivity contribution is -0.123. The minimum Gasteiger partial charge on any atom is -0.334 e. The Morgan fingerprint density at radius 1 is 1.11 bits per heavy atom. The van der Waals surface area contributed by atoms with Crippen LogP contribution in [-0.2, 0) is 11.3 Å². The van der Waals surface area contributed by atoms with Crippen molar-refractivity contribution >= 4 is 17.8 Å². The van der Waals surface area contributed by atoms with Crippen LogP contribution in [0.5, 0.6) is 0 Å². The first-order valence-electron chi connectivity index (χ1n) is 8.64. The van der Waals surface area contributed by atoms with E-state index in [1.807, 2.05) is 6.92 Å². The number of rotatable bonds is 7. The van der Waals surface area contributed by atoms with Crippen molar-refractivity contribution in [3.05, 3.63) is 59.9 Å². The van der Waals surface area contributed by atoms with Crippen LogP contribution in [0.2, 0.25) is 0 Å². The van der Waals surface area contributed by atoms with Crippen molar-refractivity contribution in [1.82, 2.24) is 31.5 Å². The lowest BCUT2D eigenvalue weighted by Crippen LogP contribution is -2.54. The molecule has 1 aromatic heterocycles. The van der Waals surface area contributed by atoms with E-state index in [4.69, 9.17) is 0 Å². The second-order valence-electron chi connectivity index (χ2n) is 5.83. The number of benzene rings is 1. The molecule has 0 aliphatic rings. The van der Waals surface area contributed by atoms with Crippen LogP contribution in [0.15, 0.2) is 42.9 Å². The fourth-order valence-electron chi connectivity index (χ4n) is 2.24. The second kappa shape index (κ2) is 10.6. The van der Waals surface area contributed by atoms with Gasteiger partial charge in [0.15, 0.2) is 0 Å². The minimum atomic E-state index is -0.847. The van der Waals surface area contributed by atoms with Crippen molar-refractivity contribution in [1.29, 1.82) is 0 Å². The van der Waals surface area contributed by atoms with Crippen LogP contribution in [0, 0.1) is 5.82 Å². The highest BCUT2D eigenvalue weighted by Crippen LogP contribution is 2.02. The fraction of sp³-hybridized carbons (Fsp3) is 0.278. The fourth-order valence-corrected chi connectivity index (χ4v) is 2.24.